The van der Waals surface area contributed by atoms with E-state index in [0.717, 1.165) is 16.9 Å². The van der Waals surface area contributed by atoms with Crippen molar-refractivity contribution in [2.75, 3.05) is 18.5 Å². The first kappa shape index (κ1) is 17.7. The number of thiophene rings is 1. The molecule has 0 aliphatic rings. The minimum atomic E-state index is -0.380. The first-order valence-corrected chi connectivity index (χ1v) is 8.11. The molecule has 0 aromatic carbocycles. The largest absolute Gasteiger partial charge is 0.462 e. The third kappa shape index (κ3) is 4.04. The number of nitrogens with two attached hydrogens (primary N) is 1. The number of ether oxygens (including phenoxy) is 1. The number of nitrogens with one attached hydrogen (secondary N) is 1. The summed E-state index contributed by atoms with van der Waals surface area (Å²) in [6, 6.07) is 0. The molecule has 21 heavy (non-hydrogen) atoms. The Balaban J connectivity index is 3.12. The van der Waals surface area contributed by atoms with E-state index in [0.29, 0.717) is 30.1 Å². The van der Waals surface area contributed by atoms with Crippen molar-refractivity contribution in [3.8, 4) is 0 Å². The van der Waals surface area contributed by atoms with E-state index in [-0.39, 0.29) is 17.8 Å². The molecule has 0 aliphatic heterocycles. The number of anilines is 1. The fourth-order valence-electron chi connectivity index (χ4n) is 2.18. The predicted octanol–water partition coefficient (Wildman–Crippen LogP) is 2.72. The van der Waals surface area contributed by atoms with Gasteiger partial charge in [-0.25, -0.2) is 4.79 Å². The molecule has 0 spiro atoms. The lowest BCUT2D eigenvalue weighted by atomic mass is 10.1. The summed E-state index contributed by atoms with van der Waals surface area (Å²) in [5, 5.41) is 3.42. The van der Waals surface area contributed by atoms with Gasteiger partial charge in [0.15, 0.2) is 0 Å². The van der Waals surface area contributed by atoms with Gasteiger partial charge in [0, 0.05) is 11.4 Å². The summed E-state index contributed by atoms with van der Waals surface area (Å²) in [7, 11) is 0. The van der Waals surface area contributed by atoms with Crippen molar-refractivity contribution in [2.24, 2.45) is 11.7 Å². The van der Waals surface area contributed by atoms with E-state index >= 15 is 0 Å². The fourth-order valence-corrected chi connectivity index (χ4v) is 3.32. The van der Waals surface area contributed by atoms with Gasteiger partial charge in [-0.15, -0.1) is 11.3 Å². The van der Waals surface area contributed by atoms with E-state index in [4.69, 9.17) is 10.5 Å². The van der Waals surface area contributed by atoms with Crippen LogP contribution in [0.25, 0.3) is 0 Å². The zero-order valence-corrected chi connectivity index (χ0v) is 13.9. The molecule has 0 saturated carbocycles. The maximum absolute atomic E-state index is 12.2. The van der Waals surface area contributed by atoms with Gasteiger partial charge in [-0.2, -0.15) is 0 Å². The highest BCUT2D eigenvalue weighted by Crippen LogP contribution is 2.34. The maximum Gasteiger partial charge on any atom is 0.341 e. The zero-order chi connectivity index (χ0) is 16.0. The average Bonchev–Trinajstić information content (AvgIpc) is 2.75. The van der Waals surface area contributed by atoms with Crippen LogP contribution in [0.3, 0.4) is 0 Å². The molecule has 1 amide bonds. The molecular weight excluding hydrogens is 288 g/mol. The molecule has 1 heterocycles. The van der Waals surface area contributed by atoms with Gasteiger partial charge in [0.2, 0.25) is 5.91 Å². The summed E-state index contributed by atoms with van der Waals surface area (Å²) in [5.41, 5.74) is 7.02. The van der Waals surface area contributed by atoms with Crippen LogP contribution in [-0.2, 0) is 16.0 Å². The van der Waals surface area contributed by atoms with Crippen molar-refractivity contribution >= 4 is 28.2 Å². The molecule has 0 bridgehead atoms. The van der Waals surface area contributed by atoms with Crippen LogP contribution in [0.2, 0.25) is 0 Å². The Bertz CT molecular complexity index is 507. The van der Waals surface area contributed by atoms with Crippen LogP contribution < -0.4 is 11.1 Å². The third-order valence-electron chi connectivity index (χ3n) is 3.43. The van der Waals surface area contributed by atoms with Crippen molar-refractivity contribution in [2.45, 2.75) is 40.5 Å². The Morgan fingerprint density at radius 3 is 2.48 bits per heavy atom. The van der Waals surface area contributed by atoms with Crippen LogP contribution in [0.5, 0.6) is 0 Å². The first-order chi connectivity index (χ1) is 9.99. The molecule has 0 fully saturated rings. The number of hydrogen-bond acceptors (Lipinski definition) is 5. The number of carbonyl (C=O) groups excluding carboxylic acids is 2. The fraction of sp³-hybridized carbons (Fsp3) is 0.600. The lowest BCUT2D eigenvalue weighted by Crippen LogP contribution is -2.29. The molecule has 0 radical (unpaired) electrons. The van der Waals surface area contributed by atoms with Crippen LogP contribution in [0.15, 0.2) is 0 Å². The number of esters is 1. The smallest absolute Gasteiger partial charge is 0.341 e. The maximum atomic E-state index is 12.2. The van der Waals surface area contributed by atoms with Crippen LogP contribution >= 0.6 is 11.3 Å². The first-order valence-electron chi connectivity index (χ1n) is 7.30. The number of amides is 1. The van der Waals surface area contributed by atoms with E-state index in [1.807, 2.05) is 20.8 Å². The molecule has 1 aromatic heterocycles. The summed E-state index contributed by atoms with van der Waals surface area (Å²) in [4.78, 5) is 25.4. The highest BCUT2D eigenvalue weighted by molar-refractivity contribution is 7.16. The Kier molecular flexibility index (Phi) is 6.84. The van der Waals surface area contributed by atoms with Gasteiger partial charge in [0.05, 0.1) is 18.1 Å². The molecule has 118 valence electrons. The van der Waals surface area contributed by atoms with E-state index in [1.54, 1.807) is 6.92 Å². The second-order valence-electron chi connectivity index (χ2n) is 4.75. The number of rotatable bonds is 7. The van der Waals surface area contributed by atoms with Crippen LogP contribution in [0.4, 0.5) is 5.00 Å². The summed E-state index contributed by atoms with van der Waals surface area (Å²) in [6.45, 7) is 8.22. The second kappa shape index (κ2) is 8.14. The molecule has 0 saturated heterocycles. The SMILES string of the molecule is CCOC(=O)c1c(NC(=O)C(CC)CN)sc(C)c1CC. The van der Waals surface area contributed by atoms with Crippen molar-refractivity contribution in [1.29, 1.82) is 0 Å². The van der Waals surface area contributed by atoms with Gasteiger partial charge < -0.3 is 15.8 Å². The minimum Gasteiger partial charge on any atom is -0.462 e. The van der Waals surface area contributed by atoms with Gasteiger partial charge in [-0.1, -0.05) is 13.8 Å². The van der Waals surface area contributed by atoms with Crippen molar-refractivity contribution in [3.05, 3.63) is 16.0 Å². The minimum absolute atomic E-state index is 0.144. The molecule has 1 aromatic rings. The summed E-state index contributed by atoms with van der Waals surface area (Å²) in [6.07, 6.45) is 1.39. The van der Waals surface area contributed by atoms with Gasteiger partial charge in [0.25, 0.3) is 0 Å². The predicted molar refractivity (Wildman–Crippen MR) is 85.9 cm³/mol. The van der Waals surface area contributed by atoms with Crippen molar-refractivity contribution in [1.82, 2.24) is 0 Å². The van der Waals surface area contributed by atoms with Gasteiger partial charge >= 0.3 is 5.97 Å². The van der Waals surface area contributed by atoms with Gasteiger partial charge in [-0.3, -0.25) is 4.79 Å². The van der Waals surface area contributed by atoms with E-state index in [2.05, 4.69) is 5.32 Å². The topological polar surface area (TPSA) is 81.4 Å². The van der Waals surface area contributed by atoms with Crippen LogP contribution in [0, 0.1) is 12.8 Å². The normalized spacial score (nSPS) is 12.0. The third-order valence-corrected chi connectivity index (χ3v) is 4.49. The monoisotopic (exact) mass is 312 g/mol. The summed E-state index contributed by atoms with van der Waals surface area (Å²) in [5.74, 6) is -0.767. The van der Waals surface area contributed by atoms with Crippen molar-refractivity contribution in [3.63, 3.8) is 0 Å². The Hall–Kier alpha value is -1.40. The molecule has 1 atom stereocenters. The molecule has 6 heteroatoms. The van der Waals surface area contributed by atoms with E-state index in [1.165, 1.54) is 11.3 Å². The number of carbonyl (C=O) groups is 2. The van der Waals surface area contributed by atoms with E-state index < -0.39 is 0 Å². The standard InChI is InChI=1S/C15H24N2O3S/c1-5-10(8-16)13(18)17-14-12(15(19)20-7-3)11(6-2)9(4)21-14/h10H,5-8,16H2,1-4H3,(H,17,18). The lowest BCUT2D eigenvalue weighted by molar-refractivity contribution is -0.119. The zero-order valence-electron chi connectivity index (χ0n) is 13.1. The van der Waals surface area contributed by atoms with Gasteiger partial charge in [0.1, 0.15) is 5.00 Å². The quantitative estimate of drug-likeness (QED) is 0.759. The molecule has 1 rings (SSSR count). The van der Waals surface area contributed by atoms with E-state index in [9.17, 15) is 9.59 Å². The second-order valence-corrected chi connectivity index (χ2v) is 5.97. The Morgan fingerprint density at radius 2 is 2.00 bits per heavy atom. The highest BCUT2D eigenvalue weighted by Gasteiger charge is 2.25. The van der Waals surface area contributed by atoms with Crippen LogP contribution in [-0.4, -0.2) is 25.0 Å². The number of hydrogen-bond donors (Lipinski definition) is 2. The molecular formula is C15H24N2O3S. The van der Waals surface area contributed by atoms with Gasteiger partial charge in [-0.05, 0) is 32.3 Å². The Morgan fingerprint density at radius 1 is 1.33 bits per heavy atom. The molecule has 1 unspecified atom stereocenters. The van der Waals surface area contributed by atoms with Crippen LogP contribution in [0.1, 0.15) is 48.0 Å². The molecule has 0 aliphatic carbocycles. The summed E-state index contributed by atoms with van der Waals surface area (Å²) >= 11 is 1.41. The lowest BCUT2D eigenvalue weighted by Gasteiger charge is -2.13. The number of aryl methyl sites for hydroxylation is 1. The summed E-state index contributed by atoms with van der Waals surface area (Å²) < 4.78 is 5.11. The van der Waals surface area contributed by atoms with Crippen molar-refractivity contribution < 1.29 is 14.3 Å². The average molecular weight is 312 g/mol. The molecule has 5 nitrogen and oxygen atoms in total. The highest BCUT2D eigenvalue weighted by atomic mass is 32.1. The Labute approximate surface area is 129 Å². The molecule has 3 N–H and O–H groups in total.